The lowest BCUT2D eigenvalue weighted by Gasteiger charge is -2.19. The average Bonchev–Trinajstić information content (AvgIpc) is 2.59. The molecule has 1 heterocycles. The molecule has 1 saturated heterocycles. The van der Waals surface area contributed by atoms with E-state index in [1.54, 1.807) is 13.8 Å². The third-order valence-corrected chi connectivity index (χ3v) is 2.80. The summed E-state index contributed by atoms with van der Waals surface area (Å²) in [6, 6.07) is -0.816. The molecule has 0 aliphatic carbocycles. The van der Waals surface area contributed by atoms with Gasteiger partial charge in [-0.15, -0.1) is 0 Å². The summed E-state index contributed by atoms with van der Waals surface area (Å²) in [5.41, 5.74) is 0. The molecule has 0 saturated carbocycles. The van der Waals surface area contributed by atoms with Crippen molar-refractivity contribution in [2.75, 3.05) is 6.61 Å². The Morgan fingerprint density at radius 1 is 1.44 bits per heavy atom. The maximum absolute atomic E-state index is 11.8. The molecule has 1 aliphatic heterocycles. The van der Waals surface area contributed by atoms with Crippen LogP contribution >= 0.6 is 0 Å². The van der Waals surface area contributed by atoms with Crippen molar-refractivity contribution in [2.24, 2.45) is 11.8 Å². The van der Waals surface area contributed by atoms with Gasteiger partial charge in [-0.25, -0.2) is 4.79 Å². The monoisotopic (exact) mass is 229 g/mol. The number of aliphatic carboxylic acids is 1. The van der Waals surface area contributed by atoms with Crippen LogP contribution in [0.2, 0.25) is 0 Å². The molecule has 92 valence electrons. The van der Waals surface area contributed by atoms with Crippen LogP contribution in [-0.2, 0) is 14.3 Å². The summed E-state index contributed by atoms with van der Waals surface area (Å²) in [4.78, 5) is 22.7. The van der Waals surface area contributed by atoms with Gasteiger partial charge in [-0.1, -0.05) is 13.8 Å². The van der Waals surface area contributed by atoms with E-state index < -0.39 is 12.0 Å². The molecule has 0 spiro atoms. The van der Waals surface area contributed by atoms with Gasteiger partial charge in [-0.3, -0.25) is 4.79 Å². The predicted molar refractivity (Wildman–Crippen MR) is 57.9 cm³/mol. The molecule has 5 heteroatoms. The molecule has 1 fully saturated rings. The van der Waals surface area contributed by atoms with Crippen molar-refractivity contribution in [3.63, 3.8) is 0 Å². The Morgan fingerprint density at radius 3 is 2.44 bits per heavy atom. The first-order valence-corrected chi connectivity index (χ1v) is 5.56. The standard InChI is InChI=1S/C11H19NO4/c1-6(2)9(11(14)15)12-10(13)8-4-7(3)16-5-8/h6-9H,4-5H2,1-3H3,(H,12,13)(H,14,15)/t7?,8?,9-/m0/s1. The molecule has 5 nitrogen and oxygen atoms in total. The Labute approximate surface area is 95.2 Å². The van der Waals surface area contributed by atoms with E-state index in [9.17, 15) is 9.59 Å². The summed E-state index contributed by atoms with van der Waals surface area (Å²) in [5.74, 6) is -1.54. The van der Waals surface area contributed by atoms with E-state index in [1.807, 2.05) is 6.92 Å². The predicted octanol–water partition coefficient (Wildman–Crippen LogP) is 0.637. The van der Waals surface area contributed by atoms with Crippen LogP contribution in [-0.4, -0.2) is 35.7 Å². The first kappa shape index (κ1) is 13.0. The lowest BCUT2D eigenvalue weighted by Crippen LogP contribution is -2.46. The number of amides is 1. The van der Waals surface area contributed by atoms with Crippen LogP contribution in [0.4, 0.5) is 0 Å². The number of ether oxygens (including phenoxy) is 1. The molecule has 2 N–H and O–H groups in total. The molecule has 1 rings (SSSR count). The Morgan fingerprint density at radius 2 is 2.06 bits per heavy atom. The zero-order valence-corrected chi connectivity index (χ0v) is 9.90. The highest BCUT2D eigenvalue weighted by Crippen LogP contribution is 2.19. The second kappa shape index (κ2) is 5.30. The molecule has 0 bridgehead atoms. The molecular formula is C11H19NO4. The van der Waals surface area contributed by atoms with Crippen molar-refractivity contribution < 1.29 is 19.4 Å². The minimum atomic E-state index is -0.990. The van der Waals surface area contributed by atoms with Crippen LogP contribution in [0.5, 0.6) is 0 Å². The Balaban J connectivity index is 2.52. The fourth-order valence-corrected chi connectivity index (χ4v) is 1.78. The molecule has 2 unspecified atom stereocenters. The largest absolute Gasteiger partial charge is 0.480 e. The number of hydrogen-bond acceptors (Lipinski definition) is 3. The smallest absolute Gasteiger partial charge is 0.326 e. The van der Waals surface area contributed by atoms with Crippen LogP contribution in [0, 0.1) is 11.8 Å². The summed E-state index contributed by atoms with van der Waals surface area (Å²) < 4.78 is 5.28. The van der Waals surface area contributed by atoms with Crippen LogP contribution in [0.3, 0.4) is 0 Å². The highest BCUT2D eigenvalue weighted by atomic mass is 16.5. The first-order chi connectivity index (χ1) is 7.41. The van der Waals surface area contributed by atoms with Crippen molar-refractivity contribution in [1.82, 2.24) is 5.32 Å². The second-order valence-corrected chi connectivity index (χ2v) is 4.65. The summed E-state index contributed by atoms with van der Waals surface area (Å²) in [7, 11) is 0. The maximum Gasteiger partial charge on any atom is 0.326 e. The summed E-state index contributed by atoms with van der Waals surface area (Å²) in [6.07, 6.45) is 0.745. The van der Waals surface area contributed by atoms with Crippen molar-refractivity contribution in [3.8, 4) is 0 Å². The van der Waals surface area contributed by atoms with Gasteiger partial charge in [0.25, 0.3) is 0 Å². The van der Waals surface area contributed by atoms with Crippen molar-refractivity contribution in [3.05, 3.63) is 0 Å². The topological polar surface area (TPSA) is 75.6 Å². The lowest BCUT2D eigenvalue weighted by atomic mass is 10.0. The molecular weight excluding hydrogens is 210 g/mol. The van der Waals surface area contributed by atoms with E-state index in [4.69, 9.17) is 9.84 Å². The van der Waals surface area contributed by atoms with Crippen LogP contribution in [0.25, 0.3) is 0 Å². The number of nitrogens with one attached hydrogen (secondary N) is 1. The van der Waals surface area contributed by atoms with Gasteiger partial charge >= 0.3 is 5.97 Å². The van der Waals surface area contributed by atoms with E-state index in [1.165, 1.54) is 0 Å². The molecule has 0 aromatic heterocycles. The number of hydrogen-bond donors (Lipinski definition) is 2. The second-order valence-electron chi connectivity index (χ2n) is 4.65. The van der Waals surface area contributed by atoms with Crippen molar-refractivity contribution >= 4 is 11.9 Å². The van der Waals surface area contributed by atoms with E-state index in [2.05, 4.69) is 5.32 Å². The molecule has 0 aromatic rings. The zero-order chi connectivity index (χ0) is 12.3. The Kier molecular flexibility index (Phi) is 4.29. The lowest BCUT2D eigenvalue weighted by molar-refractivity contribution is -0.143. The summed E-state index contributed by atoms with van der Waals surface area (Å²) in [6.45, 7) is 5.83. The maximum atomic E-state index is 11.8. The molecule has 16 heavy (non-hydrogen) atoms. The van der Waals surface area contributed by atoms with E-state index in [-0.39, 0.29) is 23.8 Å². The summed E-state index contributed by atoms with van der Waals surface area (Å²) in [5, 5.41) is 11.5. The van der Waals surface area contributed by atoms with E-state index >= 15 is 0 Å². The van der Waals surface area contributed by atoms with Gasteiger partial charge in [0.05, 0.1) is 18.6 Å². The fraction of sp³-hybridized carbons (Fsp3) is 0.818. The van der Waals surface area contributed by atoms with Crippen LogP contribution < -0.4 is 5.32 Å². The van der Waals surface area contributed by atoms with Gasteiger partial charge < -0.3 is 15.2 Å². The zero-order valence-electron chi connectivity index (χ0n) is 9.90. The number of carboxylic acid groups (broad SMARTS) is 1. The van der Waals surface area contributed by atoms with Gasteiger partial charge in [0.2, 0.25) is 5.91 Å². The Hall–Kier alpha value is -1.10. The average molecular weight is 229 g/mol. The Bertz CT molecular complexity index is 277. The molecule has 1 amide bonds. The minimum Gasteiger partial charge on any atom is -0.480 e. The minimum absolute atomic E-state index is 0.0816. The first-order valence-electron chi connectivity index (χ1n) is 5.56. The van der Waals surface area contributed by atoms with Crippen LogP contribution in [0.15, 0.2) is 0 Å². The van der Waals surface area contributed by atoms with Crippen molar-refractivity contribution in [1.29, 1.82) is 0 Å². The summed E-state index contributed by atoms with van der Waals surface area (Å²) >= 11 is 0. The number of rotatable bonds is 4. The fourth-order valence-electron chi connectivity index (χ4n) is 1.78. The SMILES string of the molecule is CC1CC(C(=O)N[C@H](C(=O)O)C(C)C)CO1. The number of carboxylic acids is 1. The normalized spacial score (nSPS) is 26.8. The highest BCUT2D eigenvalue weighted by molar-refractivity contribution is 5.85. The van der Waals surface area contributed by atoms with Crippen LogP contribution in [0.1, 0.15) is 27.2 Å². The van der Waals surface area contributed by atoms with E-state index in [0.29, 0.717) is 13.0 Å². The quantitative estimate of drug-likeness (QED) is 0.741. The van der Waals surface area contributed by atoms with E-state index in [0.717, 1.165) is 0 Å². The molecule has 0 radical (unpaired) electrons. The van der Waals surface area contributed by atoms with Gasteiger partial charge in [-0.05, 0) is 19.3 Å². The van der Waals surface area contributed by atoms with Gasteiger partial charge in [-0.2, -0.15) is 0 Å². The number of carbonyl (C=O) groups is 2. The third-order valence-electron chi connectivity index (χ3n) is 2.80. The van der Waals surface area contributed by atoms with Gasteiger partial charge in [0.15, 0.2) is 0 Å². The molecule has 3 atom stereocenters. The highest BCUT2D eigenvalue weighted by Gasteiger charge is 2.31. The van der Waals surface area contributed by atoms with Gasteiger partial charge in [0, 0.05) is 0 Å². The van der Waals surface area contributed by atoms with Crippen molar-refractivity contribution in [2.45, 2.75) is 39.3 Å². The van der Waals surface area contributed by atoms with Gasteiger partial charge in [0.1, 0.15) is 6.04 Å². The third kappa shape index (κ3) is 3.20. The molecule has 1 aliphatic rings. The molecule has 0 aromatic carbocycles. The number of carbonyl (C=O) groups excluding carboxylic acids is 1.